The van der Waals surface area contributed by atoms with Crippen LogP contribution >= 0.6 is 11.8 Å². The molecule has 1 aliphatic carbocycles. The number of ketones is 1. The number of thioether (sulfide) groups is 1. The molecule has 0 spiro atoms. The van der Waals surface area contributed by atoms with Crippen molar-refractivity contribution in [2.24, 2.45) is 0 Å². The zero-order chi connectivity index (χ0) is 12.0. The molecule has 1 aromatic heterocycles. The molecule has 0 unspecified atom stereocenters. The molecule has 0 saturated heterocycles. The number of hydrogen-bond acceptors (Lipinski definition) is 5. The Kier molecular flexibility index (Phi) is 2.47. The van der Waals surface area contributed by atoms with Crippen LogP contribution in [0.3, 0.4) is 0 Å². The van der Waals surface area contributed by atoms with Crippen LogP contribution in [0, 0.1) is 0 Å². The number of Topliss-reactive ketones (excluding diaryl/α,β-unsaturated/α-hetero) is 1. The van der Waals surface area contributed by atoms with Crippen LogP contribution in [0.4, 0.5) is 5.95 Å². The Balaban J connectivity index is 2.06. The lowest BCUT2D eigenvalue weighted by Crippen LogP contribution is -2.29. The van der Waals surface area contributed by atoms with E-state index >= 15 is 0 Å². The van der Waals surface area contributed by atoms with Gasteiger partial charge in [-0.05, 0) is 26.0 Å². The molecule has 0 aromatic carbocycles. The highest BCUT2D eigenvalue weighted by Gasteiger charge is 2.32. The van der Waals surface area contributed by atoms with Crippen LogP contribution in [0.1, 0.15) is 32.2 Å². The summed E-state index contributed by atoms with van der Waals surface area (Å²) in [5, 5.41) is 8.39. The Hall–Kier alpha value is -1.30. The Morgan fingerprint density at radius 3 is 3.06 bits per heavy atom. The molecular weight excluding hydrogens is 236 g/mol. The first kappa shape index (κ1) is 10.8. The third kappa shape index (κ3) is 1.58. The van der Waals surface area contributed by atoms with Crippen molar-refractivity contribution < 1.29 is 4.79 Å². The van der Waals surface area contributed by atoms with E-state index in [1.165, 1.54) is 11.8 Å². The molecule has 5 nitrogen and oxygen atoms in total. The van der Waals surface area contributed by atoms with E-state index in [0.717, 1.165) is 35.2 Å². The number of anilines is 1. The topological polar surface area (TPSA) is 59.8 Å². The normalized spacial score (nSPS) is 23.2. The van der Waals surface area contributed by atoms with Crippen molar-refractivity contribution in [1.82, 2.24) is 14.8 Å². The van der Waals surface area contributed by atoms with Gasteiger partial charge in [0.1, 0.15) is 0 Å². The van der Waals surface area contributed by atoms with Crippen LogP contribution in [0.25, 0.3) is 0 Å². The Bertz CT molecular complexity index is 520. The fraction of sp³-hybridized carbons (Fsp3) is 0.545. The maximum atomic E-state index is 12.0. The van der Waals surface area contributed by atoms with Gasteiger partial charge in [0.2, 0.25) is 11.1 Å². The highest BCUT2D eigenvalue weighted by atomic mass is 32.2. The molecule has 1 aliphatic heterocycles. The molecule has 0 saturated carbocycles. The van der Waals surface area contributed by atoms with E-state index in [1.54, 1.807) is 0 Å². The standard InChI is InChI=1S/C11H14N4OS/c1-6-9-7(4-3-5-8(9)16)12-10-13-11(17-2)14-15(6)10/h6H,3-5H2,1-2H3,(H,12,13,14)/t6-/m0/s1. The Morgan fingerprint density at radius 1 is 1.47 bits per heavy atom. The van der Waals surface area contributed by atoms with Gasteiger partial charge >= 0.3 is 0 Å². The van der Waals surface area contributed by atoms with E-state index < -0.39 is 0 Å². The molecule has 17 heavy (non-hydrogen) atoms. The number of hydrogen-bond donors (Lipinski definition) is 1. The van der Waals surface area contributed by atoms with E-state index in [4.69, 9.17) is 0 Å². The minimum atomic E-state index is 0.00227. The van der Waals surface area contributed by atoms with E-state index in [9.17, 15) is 4.79 Å². The zero-order valence-electron chi connectivity index (χ0n) is 9.86. The lowest BCUT2D eigenvalue weighted by Gasteiger charge is -2.29. The minimum Gasteiger partial charge on any atom is -0.328 e. The summed E-state index contributed by atoms with van der Waals surface area (Å²) in [5.74, 6) is 1.01. The molecule has 90 valence electrons. The van der Waals surface area contributed by atoms with Crippen molar-refractivity contribution in [3.8, 4) is 0 Å². The summed E-state index contributed by atoms with van der Waals surface area (Å²) < 4.78 is 1.81. The maximum absolute atomic E-state index is 12.0. The summed E-state index contributed by atoms with van der Waals surface area (Å²) in [6.07, 6.45) is 4.47. The van der Waals surface area contributed by atoms with E-state index in [2.05, 4.69) is 15.4 Å². The van der Waals surface area contributed by atoms with Crippen LogP contribution in [-0.2, 0) is 4.79 Å². The molecule has 1 aromatic rings. The number of carbonyl (C=O) groups is 1. The summed E-state index contributed by atoms with van der Waals surface area (Å²) in [4.78, 5) is 16.4. The smallest absolute Gasteiger partial charge is 0.227 e. The molecule has 0 radical (unpaired) electrons. The van der Waals surface area contributed by atoms with Gasteiger partial charge in [0, 0.05) is 17.7 Å². The summed E-state index contributed by atoms with van der Waals surface area (Å²) in [7, 11) is 0. The van der Waals surface area contributed by atoms with Crippen molar-refractivity contribution in [3.63, 3.8) is 0 Å². The van der Waals surface area contributed by atoms with Crippen LogP contribution in [0.2, 0.25) is 0 Å². The molecule has 6 heteroatoms. The lowest BCUT2D eigenvalue weighted by atomic mass is 9.89. The number of nitrogens with zero attached hydrogens (tertiary/aromatic N) is 3. The monoisotopic (exact) mass is 250 g/mol. The number of allylic oxidation sites excluding steroid dienone is 2. The molecule has 2 aliphatic rings. The second-order valence-electron chi connectivity index (χ2n) is 4.34. The summed E-state index contributed by atoms with van der Waals surface area (Å²) in [6, 6.07) is 0.00227. The Labute approximate surface area is 104 Å². The van der Waals surface area contributed by atoms with Crippen molar-refractivity contribution in [2.75, 3.05) is 11.6 Å². The number of aromatic nitrogens is 3. The van der Waals surface area contributed by atoms with Gasteiger partial charge in [0.25, 0.3) is 0 Å². The molecule has 0 bridgehead atoms. The van der Waals surface area contributed by atoms with Crippen molar-refractivity contribution >= 4 is 23.5 Å². The summed E-state index contributed by atoms with van der Waals surface area (Å²) >= 11 is 1.51. The van der Waals surface area contributed by atoms with Gasteiger partial charge in [-0.25, -0.2) is 4.68 Å². The number of fused-ring (bicyclic) bond motifs is 1. The first-order valence-corrected chi connectivity index (χ1v) is 6.97. The van der Waals surface area contributed by atoms with E-state index in [0.29, 0.717) is 6.42 Å². The van der Waals surface area contributed by atoms with Crippen LogP contribution in [0.15, 0.2) is 16.4 Å². The van der Waals surface area contributed by atoms with Gasteiger partial charge in [-0.3, -0.25) is 4.79 Å². The van der Waals surface area contributed by atoms with Crippen LogP contribution in [0.5, 0.6) is 0 Å². The average Bonchev–Trinajstić information content (AvgIpc) is 2.72. The van der Waals surface area contributed by atoms with Crippen LogP contribution in [-0.4, -0.2) is 26.8 Å². The first-order valence-electron chi connectivity index (χ1n) is 5.74. The Morgan fingerprint density at radius 2 is 2.29 bits per heavy atom. The van der Waals surface area contributed by atoms with E-state index in [1.807, 2.05) is 17.9 Å². The van der Waals surface area contributed by atoms with Crippen molar-refractivity contribution in [1.29, 1.82) is 0 Å². The molecular formula is C11H14N4OS. The SMILES string of the molecule is CSc1nc2n(n1)[C@@H](C)C1=C(CCCC1=O)N2. The van der Waals surface area contributed by atoms with E-state index in [-0.39, 0.29) is 11.8 Å². The summed E-state index contributed by atoms with van der Waals surface area (Å²) in [6.45, 7) is 2.02. The molecule has 1 N–H and O–H groups in total. The number of carbonyl (C=O) groups excluding carboxylic acids is 1. The largest absolute Gasteiger partial charge is 0.328 e. The van der Waals surface area contributed by atoms with Crippen LogP contribution < -0.4 is 5.32 Å². The highest BCUT2D eigenvalue weighted by Crippen LogP contribution is 2.36. The van der Waals surface area contributed by atoms with Gasteiger partial charge in [-0.2, -0.15) is 4.98 Å². The number of rotatable bonds is 1. The molecule has 0 amide bonds. The third-order valence-corrected chi connectivity index (χ3v) is 3.84. The minimum absolute atomic E-state index is 0.00227. The fourth-order valence-electron chi connectivity index (χ4n) is 2.48. The second-order valence-corrected chi connectivity index (χ2v) is 5.11. The predicted octanol–water partition coefficient (Wildman–Crippen LogP) is 1.99. The second kappa shape index (κ2) is 3.87. The number of nitrogens with one attached hydrogen (secondary N) is 1. The van der Waals surface area contributed by atoms with Gasteiger partial charge in [-0.15, -0.1) is 5.10 Å². The third-order valence-electron chi connectivity index (χ3n) is 3.30. The van der Waals surface area contributed by atoms with Gasteiger partial charge in [0.15, 0.2) is 5.78 Å². The molecule has 3 rings (SSSR count). The lowest BCUT2D eigenvalue weighted by molar-refractivity contribution is -0.116. The van der Waals surface area contributed by atoms with Gasteiger partial charge in [0.05, 0.1) is 6.04 Å². The molecule has 2 heterocycles. The summed E-state index contributed by atoms with van der Waals surface area (Å²) in [5.41, 5.74) is 1.93. The highest BCUT2D eigenvalue weighted by molar-refractivity contribution is 7.98. The predicted molar refractivity (Wildman–Crippen MR) is 66.0 cm³/mol. The molecule has 1 atom stereocenters. The average molecular weight is 250 g/mol. The molecule has 0 fully saturated rings. The van der Waals surface area contributed by atoms with Gasteiger partial charge < -0.3 is 5.32 Å². The van der Waals surface area contributed by atoms with Crippen molar-refractivity contribution in [3.05, 3.63) is 11.3 Å². The maximum Gasteiger partial charge on any atom is 0.227 e. The van der Waals surface area contributed by atoms with Crippen molar-refractivity contribution in [2.45, 2.75) is 37.4 Å². The van der Waals surface area contributed by atoms with Gasteiger partial charge in [-0.1, -0.05) is 11.8 Å². The first-order chi connectivity index (χ1) is 8.20. The zero-order valence-corrected chi connectivity index (χ0v) is 10.7. The quantitative estimate of drug-likeness (QED) is 0.772. The fourth-order valence-corrected chi connectivity index (χ4v) is 2.83.